The molecule has 0 fully saturated rings. The first-order valence-corrected chi connectivity index (χ1v) is 9.89. The van der Waals surface area contributed by atoms with Crippen LogP contribution in [0.4, 0.5) is 29.1 Å². The number of aliphatic hydroxyl groups excluding tert-OH is 1. The van der Waals surface area contributed by atoms with Gasteiger partial charge in [-0.2, -0.15) is 18.3 Å². The molecule has 2 aromatic carbocycles. The van der Waals surface area contributed by atoms with E-state index < -0.39 is 36.1 Å². The van der Waals surface area contributed by atoms with Crippen molar-refractivity contribution in [3.8, 4) is 0 Å². The van der Waals surface area contributed by atoms with Crippen LogP contribution in [-0.2, 0) is 0 Å². The van der Waals surface area contributed by atoms with Crippen molar-refractivity contribution >= 4 is 17.4 Å². The lowest BCUT2D eigenvalue weighted by Gasteiger charge is -2.33. The van der Waals surface area contributed by atoms with Crippen LogP contribution >= 0.6 is 0 Å². The van der Waals surface area contributed by atoms with E-state index in [1.54, 1.807) is 31.2 Å². The molecule has 4 rings (SSSR count). The molecule has 3 atom stereocenters. The van der Waals surface area contributed by atoms with Gasteiger partial charge in [0.2, 0.25) is 0 Å². The first kappa shape index (κ1) is 21.8. The highest BCUT2D eigenvalue weighted by Crippen LogP contribution is 2.43. The lowest BCUT2D eigenvalue weighted by Crippen LogP contribution is -2.35. The summed E-state index contributed by atoms with van der Waals surface area (Å²) in [6.07, 6.45) is -5.70. The third-order valence-corrected chi connectivity index (χ3v) is 5.32. The van der Waals surface area contributed by atoms with Crippen molar-refractivity contribution in [3.63, 3.8) is 0 Å². The molecule has 0 bridgehead atoms. The smallest absolute Gasteiger partial charge is 0.389 e. The first-order chi connectivity index (χ1) is 15.1. The lowest BCUT2D eigenvalue weighted by atomic mass is 9.97. The lowest BCUT2D eigenvalue weighted by molar-refractivity contribution is -0.173. The zero-order valence-corrected chi connectivity index (χ0v) is 16.9. The first-order valence-electron chi connectivity index (χ1n) is 9.89. The number of amides is 1. The van der Waals surface area contributed by atoms with E-state index >= 15 is 0 Å². The maximum atomic E-state index is 13.8. The fourth-order valence-corrected chi connectivity index (χ4v) is 3.67. The maximum Gasteiger partial charge on any atom is 0.410 e. The summed E-state index contributed by atoms with van der Waals surface area (Å²) in [4.78, 5) is 12.7. The summed E-state index contributed by atoms with van der Waals surface area (Å²) in [5.41, 5.74) is 1.26. The van der Waals surface area contributed by atoms with Crippen molar-refractivity contribution in [2.45, 2.75) is 37.7 Å². The van der Waals surface area contributed by atoms with Crippen LogP contribution in [0, 0.1) is 5.82 Å². The zero-order valence-electron chi connectivity index (χ0n) is 16.9. The number of carbonyl (C=O) groups excluding carboxylic acids is 1. The molecular weight excluding hydrogens is 428 g/mol. The minimum Gasteiger partial charge on any atom is -0.389 e. The summed E-state index contributed by atoms with van der Waals surface area (Å²) < 4.78 is 55.3. The van der Waals surface area contributed by atoms with Gasteiger partial charge in [-0.15, -0.1) is 0 Å². The van der Waals surface area contributed by atoms with Crippen LogP contribution in [0.2, 0.25) is 0 Å². The maximum absolute atomic E-state index is 13.8. The van der Waals surface area contributed by atoms with E-state index in [-0.39, 0.29) is 17.9 Å². The topological polar surface area (TPSA) is 79.2 Å². The van der Waals surface area contributed by atoms with Crippen LogP contribution < -0.4 is 10.6 Å². The van der Waals surface area contributed by atoms with E-state index in [1.165, 1.54) is 30.3 Å². The van der Waals surface area contributed by atoms with Crippen molar-refractivity contribution < 1.29 is 27.5 Å². The Balaban J connectivity index is 1.62. The number of nitrogens with zero attached hydrogens (tertiary/aromatic N) is 2. The fourth-order valence-electron chi connectivity index (χ4n) is 3.67. The van der Waals surface area contributed by atoms with E-state index in [4.69, 9.17) is 0 Å². The number of aliphatic hydroxyl groups is 1. The molecule has 168 valence electrons. The van der Waals surface area contributed by atoms with Crippen molar-refractivity contribution in [2.75, 3.05) is 10.6 Å². The normalized spacial score (nSPS) is 19.1. The molecule has 10 heteroatoms. The molecule has 0 saturated carbocycles. The Bertz CT molecular complexity index is 1130. The average molecular weight is 448 g/mol. The highest BCUT2D eigenvalue weighted by Gasteiger charge is 2.46. The number of rotatable bonds is 4. The van der Waals surface area contributed by atoms with Crippen LogP contribution in [0.25, 0.3) is 0 Å². The number of halogens is 4. The van der Waals surface area contributed by atoms with Gasteiger partial charge in [0, 0.05) is 18.2 Å². The Morgan fingerprint density at radius 3 is 2.59 bits per heavy atom. The van der Waals surface area contributed by atoms with E-state index in [0.29, 0.717) is 16.8 Å². The Hall–Kier alpha value is -3.40. The van der Waals surface area contributed by atoms with Crippen LogP contribution in [0.1, 0.15) is 53.1 Å². The predicted molar refractivity (Wildman–Crippen MR) is 110 cm³/mol. The number of hydrogen-bond donors (Lipinski definition) is 3. The van der Waals surface area contributed by atoms with Crippen molar-refractivity contribution in [1.82, 2.24) is 9.78 Å². The molecule has 0 aliphatic carbocycles. The predicted octanol–water partition coefficient (Wildman–Crippen LogP) is 4.99. The summed E-state index contributed by atoms with van der Waals surface area (Å²) in [5.74, 6) is -1.13. The van der Waals surface area contributed by atoms with Gasteiger partial charge in [0.1, 0.15) is 11.6 Å². The number of aromatic nitrogens is 2. The van der Waals surface area contributed by atoms with E-state index in [2.05, 4.69) is 15.7 Å². The quantitative estimate of drug-likeness (QED) is 0.492. The number of nitrogens with one attached hydrogen (secondary N) is 2. The van der Waals surface area contributed by atoms with Crippen LogP contribution in [0.15, 0.2) is 54.6 Å². The van der Waals surface area contributed by atoms with Gasteiger partial charge in [-0.1, -0.05) is 24.3 Å². The molecule has 1 aromatic heterocycles. The van der Waals surface area contributed by atoms with E-state index in [1.807, 2.05) is 0 Å². The van der Waals surface area contributed by atoms with Gasteiger partial charge in [-0.25, -0.2) is 9.07 Å². The molecule has 0 spiro atoms. The monoisotopic (exact) mass is 448 g/mol. The minimum absolute atomic E-state index is 0.0378. The number of benzene rings is 2. The summed E-state index contributed by atoms with van der Waals surface area (Å²) in [6, 6.07) is 10.3. The second kappa shape index (κ2) is 8.27. The average Bonchev–Trinajstić information content (AvgIpc) is 3.17. The van der Waals surface area contributed by atoms with Gasteiger partial charge in [0.05, 0.1) is 12.1 Å². The summed E-state index contributed by atoms with van der Waals surface area (Å²) in [5, 5.41) is 19.1. The molecule has 1 amide bonds. The molecule has 1 aliphatic rings. The molecule has 0 radical (unpaired) electrons. The third kappa shape index (κ3) is 4.45. The molecule has 6 nitrogen and oxygen atoms in total. The van der Waals surface area contributed by atoms with Gasteiger partial charge in [-0.3, -0.25) is 4.79 Å². The second-order valence-corrected chi connectivity index (χ2v) is 7.66. The molecule has 3 unspecified atom stereocenters. The summed E-state index contributed by atoms with van der Waals surface area (Å²) >= 11 is 0. The zero-order chi connectivity index (χ0) is 23.0. The Kier molecular flexibility index (Phi) is 5.64. The second-order valence-electron chi connectivity index (χ2n) is 7.66. The van der Waals surface area contributed by atoms with Gasteiger partial charge < -0.3 is 15.7 Å². The third-order valence-electron chi connectivity index (χ3n) is 5.32. The van der Waals surface area contributed by atoms with Crippen LogP contribution in [-0.4, -0.2) is 27.0 Å². The van der Waals surface area contributed by atoms with Crippen LogP contribution in [0.3, 0.4) is 0 Å². The van der Waals surface area contributed by atoms with Crippen LogP contribution in [0.5, 0.6) is 0 Å². The van der Waals surface area contributed by atoms with Gasteiger partial charge >= 0.3 is 6.18 Å². The van der Waals surface area contributed by atoms with E-state index in [0.717, 1.165) is 4.68 Å². The molecule has 3 aromatic rings. The number of hydrogen-bond acceptors (Lipinski definition) is 4. The molecule has 3 N–H and O–H groups in total. The molecular formula is C22H20F4N4O2. The van der Waals surface area contributed by atoms with Gasteiger partial charge in [0.15, 0.2) is 11.7 Å². The van der Waals surface area contributed by atoms with Crippen molar-refractivity contribution in [3.05, 3.63) is 77.2 Å². The number of alkyl halides is 3. The number of fused-ring (bicyclic) bond motifs is 1. The number of carbonyl (C=O) groups is 1. The fraction of sp³-hybridized carbons (Fsp3) is 0.273. The Morgan fingerprint density at radius 2 is 1.94 bits per heavy atom. The van der Waals surface area contributed by atoms with E-state index in [9.17, 15) is 27.5 Å². The van der Waals surface area contributed by atoms with Crippen molar-refractivity contribution in [1.29, 1.82) is 0 Å². The Morgan fingerprint density at radius 1 is 1.22 bits per heavy atom. The SMILES string of the molecule is CC(O)c1cccc(NC(=O)c2cc3n(n2)C(C(F)(F)F)CC(c2ccc(F)cc2)N3)c1. The largest absolute Gasteiger partial charge is 0.410 e. The highest BCUT2D eigenvalue weighted by molar-refractivity contribution is 6.03. The molecule has 1 aliphatic heterocycles. The number of anilines is 2. The molecule has 0 saturated heterocycles. The van der Waals surface area contributed by atoms with Gasteiger partial charge in [0.25, 0.3) is 5.91 Å². The highest BCUT2D eigenvalue weighted by atomic mass is 19.4. The summed E-state index contributed by atoms with van der Waals surface area (Å²) in [6.45, 7) is 1.57. The summed E-state index contributed by atoms with van der Waals surface area (Å²) in [7, 11) is 0. The minimum atomic E-state index is -4.60. The van der Waals surface area contributed by atoms with Gasteiger partial charge in [-0.05, 0) is 42.3 Å². The molecule has 2 heterocycles. The Labute approximate surface area is 180 Å². The standard InChI is InChI=1S/C22H20F4N4O2/c1-12(31)14-3-2-4-16(9-14)27-21(32)18-11-20-28-17(13-5-7-15(23)8-6-13)10-19(22(24,25)26)30(20)29-18/h2-9,11-12,17,19,28,31H,10H2,1H3,(H,27,32). The molecule has 32 heavy (non-hydrogen) atoms. The van der Waals surface area contributed by atoms with Crippen molar-refractivity contribution in [2.24, 2.45) is 0 Å².